The summed E-state index contributed by atoms with van der Waals surface area (Å²) >= 11 is 0. The molecule has 0 aromatic heterocycles. The largest absolute Gasteiger partial charge is 0.496 e. The minimum absolute atomic E-state index is 0.0674. The van der Waals surface area contributed by atoms with Gasteiger partial charge < -0.3 is 10.1 Å². The van der Waals surface area contributed by atoms with E-state index >= 15 is 0 Å². The molecule has 1 rings (SSSR count). The molecule has 2 unspecified atom stereocenters. The normalized spacial score (nSPS) is 14.3. The number of hydrogen-bond donors (Lipinski definition) is 1. The summed E-state index contributed by atoms with van der Waals surface area (Å²) in [6.45, 7) is 6.39. The third-order valence-electron chi connectivity index (χ3n) is 3.38. The summed E-state index contributed by atoms with van der Waals surface area (Å²) in [7, 11) is 2.78. The van der Waals surface area contributed by atoms with E-state index in [9.17, 15) is 4.21 Å². The lowest BCUT2D eigenvalue weighted by Gasteiger charge is -2.20. The standard InChI is InChI=1S/C16H27NO2S/c1-12(2)8-9-20(18)11-15(17-4)14-10-13(3)6-7-16(14)19-5/h6-7,10,12,15,17H,8-9,11H2,1-5H3. The highest BCUT2D eigenvalue weighted by atomic mass is 32.2. The zero-order valence-electron chi connectivity index (χ0n) is 13.2. The number of ether oxygens (including phenoxy) is 1. The first-order chi connectivity index (χ1) is 9.47. The molecule has 1 N–H and O–H groups in total. The smallest absolute Gasteiger partial charge is 0.123 e. The zero-order chi connectivity index (χ0) is 15.1. The van der Waals surface area contributed by atoms with Crippen LogP contribution in [0, 0.1) is 12.8 Å². The van der Waals surface area contributed by atoms with Crippen LogP contribution in [0.15, 0.2) is 18.2 Å². The first-order valence-corrected chi connectivity index (χ1v) is 8.63. The number of nitrogens with one attached hydrogen (secondary N) is 1. The molecule has 0 aliphatic heterocycles. The molecule has 0 spiro atoms. The van der Waals surface area contributed by atoms with Crippen LogP contribution in [0.2, 0.25) is 0 Å². The fourth-order valence-corrected chi connectivity index (χ4v) is 3.71. The van der Waals surface area contributed by atoms with Crippen LogP contribution in [0.4, 0.5) is 0 Å². The van der Waals surface area contributed by atoms with Crippen LogP contribution in [0.5, 0.6) is 5.75 Å². The third-order valence-corrected chi connectivity index (χ3v) is 4.78. The summed E-state index contributed by atoms with van der Waals surface area (Å²) in [5.74, 6) is 2.85. The molecule has 0 aliphatic rings. The van der Waals surface area contributed by atoms with Gasteiger partial charge in [0.15, 0.2) is 0 Å². The van der Waals surface area contributed by atoms with E-state index in [0.29, 0.717) is 11.7 Å². The second kappa shape index (κ2) is 8.42. The van der Waals surface area contributed by atoms with Gasteiger partial charge in [0.25, 0.3) is 0 Å². The molecule has 20 heavy (non-hydrogen) atoms. The predicted octanol–water partition coefficient (Wildman–Crippen LogP) is 3.06. The van der Waals surface area contributed by atoms with Gasteiger partial charge in [0.1, 0.15) is 5.75 Å². The van der Waals surface area contributed by atoms with Gasteiger partial charge in [-0.05, 0) is 32.4 Å². The number of rotatable bonds is 8. The minimum atomic E-state index is -0.806. The van der Waals surface area contributed by atoms with E-state index in [0.717, 1.165) is 23.5 Å². The highest BCUT2D eigenvalue weighted by Crippen LogP contribution is 2.27. The van der Waals surface area contributed by atoms with Crippen LogP contribution in [-0.2, 0) is 10.8 Å². The Morgan fingerprint density at radius 2 is 2.05 bits per heavy atom. The maximum Gasteiger partial charge on any atom is 0.123 e. The van der Waals surface area contributed by atoms with Crippen LogP contribution in [0.25, 0.3) is 0 Å². The second-order valence-electron chi connectivity index (χ2n) is 5.58. The summed E-state index contributed by atoms with van der Waals surface area (Å²) in [5, 5.41) is 3.27. The molecular formula is C16H27NO2S. The Morgan fingerprint density at radius 3 is 2.60 bits per heavy atom. The SMILES string of the molecule is CNC(CS(=O)CCC(C)C)c1cc(C)ccc1OC. The third kappa shape index (κ3) is 5.25. The molecule has 0 saturated heterocycles. The van der Waals surface area contributed by atoms with Crippen LogP contribution in [-0.4, -0.2) is 29.9 Å². The molecule has 0 aliphatic carbocycles. The molecule has 3 nitrogen and oxygen atoms in total. The van der Waals surface area contributed by atoms with E-state index in [-0.39, 0.29) is 6.04 Å². The van der Waals surface area contributed by atoms with Gasteiger partial charge in [-0.25, -0.2) is 0 Å². The highest BCUT2D eigenvalue weighted by Gasteiger charge is 2.17. The van der Waals surface area contributed by atoms with Gasteiger partial charge >= 0.3 is 0 Å². The van der Waals surface area contributed by atoms with Gasteiger partial charge in [-0.3, -0.25) is 4.21 Å². The van der Waals surface area contributed by atoms with Crippen molar-refractivity contribution in [2.24, 2.45) is 5.92 Å². The van der Waals surface area contributed by atoms with Crippen molar-refractivity contribution in [1.82, 2.24) is 5.32 Å². The fraction of sp³-hybridized carbons (Fsp3) is 0.625. The molecular weight excluding hydrogens is 270 g/mol. The Labute approximate surface area is 125 Å². The lowest BCUT2D eigenvalue weighted by atomic mass is 10.0. The van der Waals surface area contributed by atoms with Gasteiger partial charge in [-0.15, -0.1) is 0 Å². The molecule has 0 fully saturated rings. The van der Waals surface area contributed by atoms with E-state index in [1.165, 1.54) is 5.56 Å². The number of methoxy groups -OCH3 is 1. The maximum atomic E-state index is 12.2. The van der Waals surface area contributed by atoms with Crippen molar-refractivity contribution in [2.75, 3.05) is 25.7 Å². The maximum absolute atomic E-state index is 12.2. The Bertz CT molecular complexity index is 446. The van der Waals surface area contributed by atoms with E-state index in [4.69, 9.17) is 4.74 Å². The summed E-state index contributed by atoms with van der Waals surface area (Å²) < 4.78 is 17.6. The molecule has 2 atom stereocenters. The van der Waals surface area contributed by atoms with Crippen molar-refractivity contribution >= 4 is 10.8 Å². The van der Waals surface area contributed by atoms with Crippen molar-refractivity contribution in [2.45, 2.75) is 33.2 Å². The number of hydrogen-bond acceptors (Lipinski definition) is 3. The van der Waals surface area contributed by atoms with E-state index in [1.54, 1.807) is 7.11 Å². The van der Waals surface area contributed by atoms with E-state index in [1.807, 2.05) is 19.2 Å². The molecule has 0 amide bonds. The number of benzene rings is 1. The second-order valence-corrected chi connectivity index (χ2v) is 7.20. The van der Waals surface area contributed by atoms with E-state index < -0.39 is 10.8 Å². The molecule has 0 radical (unpaired) electrons. The van der Waals surface area contributed by atoms with Crippen LogP contribution >= 0.6 is 0 Å². The van der Waals surface area contributed by atoms with Gasteiger partial charge in [-0.1, -0.05) is 31.5 Å². The fourth-order valence-electron chi connectivity index (χ4n) is 2.09. The Kier molecular flexibility index (Phi) is 7.24. The Hall–Kier alpha value is -0.870. The van der Waals surface area contributed by atoms with E-state index in [2.05, 4.69) is 32.2 Å². The van der Waals surface area contributed by atoms with Crippen LogP contribution < -0.4 is 10.1 Å². The van der Waals surface area contributed by atoms with Crippen LogP contribution in [0.1, 0.15) is 37.4 Å². The molecule has 0 saturated carbocycles. The lowest BCUT2D eigenvalue weighted by Crippen LogP contribution is -2.24. The topological polar surface area (TPSA) is 38.3 Å². The average Bonchev–Trinajstić information content (AvgIpc) is 2.42. The lowest BCUT2D eigenvalue weighted by molar-refractivity contribution is 0.404. The summed E-state index contributed by atoms with van der Waals surface area (Å²) in [6.07, 6.45) is 1.01. The van der Waals surface area contributed by atoms with Gasteiger partial charge in [0.05, 0.1) is 7.11 Å². The summed E-state index contributed by atoms with van der Waals surface area (Å²) in [6, 6.07) is 6.19. The van der Waals surface area contributed by atoms with Gasteiger partial charge in [-0.2, -0.15) is 0 Å². The molecule has 1 aromatic carbocycles. The zero-order valence-corrected chi connectivity index (χ0v) is 14.0. The van der Waals surface area contributed by atoms with Crippen molar-refractivity contribution in [3.05, 3.63) is 29.3 Å². The molecule has 0 heterocycles. The Balaban J connectivity index is 2.80. The van der Waals surface area contributed by atoms with Crippen molar-refractivity contribution in [3.63, 3.8) is 0 Å². The minimum Gasteiger partial charge on any atom is -0.496 e. The monoisotopic (exact) mass is 297 g/mol. The quantitative estimate of drug-likeness (QED) is 0.801. The van der Waals surface area contributed by atoms with Crippen molar-refractivity contribution in [3.8, 4) is 5.75 Å². The summed E-state index contributed by atoms with van der Waals surface area (Å²) in [4.78, 5) is 0. The number of aryl methyl sites for hydroxylation is 1. The summed E-state index contributed by atoms with van der Waals surface area (Å²) in [5.41, 5.74) is 2.28. The molecule has 114 valence electrons. The predicted molar refractivity (Wildman–Crippen MR) is 86.9 cm³/mol. The Morgan fingerprint density at radius 1 is 1.35 bits per heavy atom. The van der Waals surface area contributed by atoms with Gasteiger partial charge in [0, 0.05) is 33.9 Å². The van der Waals surface area contributed by atoms with Crippen molar-refractivity contribution < 1.29 is 8.95 Å². The van der Waals surface area contributed by atoms with Crippen molar-refractivity contribution in [1.29, 1.82) is 0 Å². The first-order valence-electron chi connectivity index (χ1n) is 7.14. The average molecular weight is 297 g/mol. The molecule has 1 aromatic rings. The van der Waals surface area contributed by atoms with Crippen LogP contribution in [0.3, 0.4) is 0 Å². The molecule has 0 bridgehead atoms. The first kappa shape index (κ1) is 17.2. The highest BCUT2D eigenvalue weighted by molar-refractivity contribution is 7.85. The van der Waals surface area contributed by atoms with Gasteiger partial charge in [0.2, 0.25) is 0 Å². The molecule has 4 heteroatoms.